The predicted molar refractivity (Wildman–Crippen MR) is 83.8 cm³/mol. The van der Waals surface area contributed by atoms with Crippen molar-refractivity contribution in [3.05, 3.63) is 36.0 Å². The fourth-order valence-electron chi connectivity index (χ4n) is 2.60. The predicted octanol–water partition coefficient (Wildman–Crippen LogP) is 2.67. The number of H-pyrrole nitrogens is 1. The van der Waals surface area contributed by atoms with E-state index in [1.807, 2.05) is 24.3 Å². The maximum atomic E-state index is 12.3. The zero-order valence-corrected chi connectivity index (χ0v) is 12.0. The molecule has 1 aromatic heterocycles. The van der Waals surface area contributed by atoms with Crippen molar-refractivity contribution in [2.75, 3.05) is 13.1 Å². The van der Waals surface area contributed by atoms with Gasteiger partial charge in [-0.25, -0.2) is 0 Å². The first kappa shape index (κ1) is 13.1. The van der Waals surface area contributed by atoms with Crippen molar-refractivity contribution in [2.45, 2.75) is 19.3 Å². The maximum Gasteiger partial charge on any atom is 0.259 e. The molecular weight excluding hydrogens is 270 g/mol. The summed E-state index contributed by atoms with van der Waals surface area (Å²) in [5, 5.41) is 4.31. The van der Waals surface area contributed by atoms with Gasteiger partial charge in [0, 0.05) is 30.2 Å². The maximum absolute atomic E-state index is 12.3. The van der Waals surface area contributed by atoms with Gasteiger partial charge in [-0.05, 0) is 37.5 Å². The molecule has 2 N–H and O–H groups in total. The van der Waals surface area contributed by atoms with Crippen molar-refractivity contribution < 1.29 is 4.79 Å². The van der Waals surface area contributed by atoms with E-state index in [0.717, 1.165) is 36.8 Å². The van der Waals surface area contributed by atoms with Gasteiger partial charge in [-0.15, -0.1) is 0 Å². The highest BCUT2D eigenvalue weighted by atomic mass is 32.1. The lowest BCUT2D eigenvalue weighted by atomic mass is 10.1. The van der Waals surface area contributed by atoms with Crippen LogP contribution in [-0.4, -0.2) is 34.0 Å². The van der Waals surface area contributed by atoms with E-state index in [1.165, 1.54) is 6.42 Å². The Bertz CT molecular complexity index is 643. The minimum atomic E-state index is -0.141. The van der Waals surface area contributed by atoms with E-state index in [2.05, 4.69) is 15.2 Å². The number of para-hydroxylation sites is 1. The number of amides is 1. The Morgan fingerprint density at radius 3 is 2.75 bits per heavy atom. The van der Waals surface area contributed by atoms with Gasteiger partial charge in [0.25, 0.3) is 5.91 Å². The number of piperidine rings is 1. The number of hydrogen-bond donors (Lipinski definition) is 2. The standard InChI is InChI=1S/C15H17N3OS/c19-14(17-15(20)18-8-4-1-5-9-18)12-10-16-13-7-3-2-6-11(12)13/h2-3,6-7,10,16H,1,4-5,8-9H2,(H,17,19,20). The topological polar surface area (TPSA) is 48.1 Å². The van der Waals surface area contributed by atoms with E-state index < -0.39 is 0 Å². The number of fused-ring (bicyclic) bond motifs is 1. The van der Waals surface area contributed by atoms with E-state index in [0.29, 0.717) is 10.7 Å². The molecule has 1 aromatic carbocycles. The van der Waals surface area contributed by atoms with Crippen molar-refractivity contribution in [1.29, 1.82) is 0 Å². The van der Waals surface area contributed by atoms with Gasteiger partial charge < -0.3 is 9.88 Å². The molecule has 2 heterocycles. The molecule has 0 spiro atoms. The zero-order chi connectivity index (χ0) is 13.9. The number of nitrogens with zero attached hydrogens (tertiary/aromatic N) is 1. The van der Waals surface area contributed by atoms with Gasteiger partial charge in [-0.3, -0.25) is 10.1 Å². The van der Waals surface area contributed by atoms with Crippen LogP contribution in [0.5, 0.6) is 0 Å². The molecule has 5 heteroatoms. The monoisotopic (exact) mass is 287 g/mol. The molecule has 0 aliphatic carbocycles. The van der Waals surface area contributed by atoms with Gasteiger partial charge in [0.1, 0.15) is 0 Å². The highest BCUT2D eigenvalue weighted by Gasteiger charge is 2.17. The molecule has 20 heavy (non-hydrogen) atoms. The lowest BCUT2D eigenvalue weighted by molar-refractivity contribution is 0.0974. The van der Waals surface area contributed by atoms with Crippen LogP contribution in [0.15, 0.2) is 30.5 Å². The Morgan fingerprint density at radius 1 is 1.20 bits per heavy atom. The van der Waals surface area contributed by atoms with Crippen molar-refractivity contribution in [1.82, 2.24) is 15.2 Å². The molecule has 4 nitrogen and oxygen atoms in total. The Labute approximate surface area is 123 Å². The average molecular weight is 287 g/mol. The highest BCUT2D eigenvalue weighted by molar-refractivity contribution is 7.80. The Morgan fingerprint density at radius 2 is 1.95 bits per heavy atom. The third-order valence-corrected chi connectivity index (χ3v) is 4.06. The molecular formula is C15H17N3OS. The molecule has 1 amide bonds. The Kier molecular flexibility index (Phi) is 3.69. The van der Waals surface area contributed by atoms with Crippen LogP contribution in [0.1, 0.15) is 29.6 Å². The fourth-order valence-corrected chi connectivity index (χ4v) is 2.88. The summed E-state index contributed by atoms with van der Waals surface area (Å²) in [6.07, 6.45) is 5.26. The largest absolute Gasteiger partial charge is 0.360 e. The van der Waals surface area contributed by atoms with Crippen molar-refractivity contribution in [2.24, 2.45) is 0 Å². The summed E-state index contributed by atoms with van der Waals surface area (Å²) in [5.41, 5.74) is 1.60. The number of aromatic nitrogens is 1. The van der Waals surface area contributed by atoms with Crippen LogP contribution in [0.25, 0.3) is 10.9 Å². The second-order valence-corrected chi connectivity index (χ2v) is 5.44. The summed E-state index contributed by atoms with van der Waals surface area (Å²) in [4.78, 5) is 17.5. The van der Waals surface area contributed by atoms with Gasteiger partial charge in [0.2, 0.25) is 0 Å². The summed E-state index contributed by atoms with van der Waals surface area (Å²) in [6.45, 7) is 1.87. The molecule has 0 unspecified atom stereocenters. The van der Waals surface area contributed by atoms with E-state index in [9.17, 15) is 4.79 Å². The number of aromatic amines is 1. The third-order valence-electron chi connectivity index (χ3n) is 3.70. The first-order valence-corrected chi connectivity index (χ1v) is 7.33. The van der Waals surface area contributed by atoms with Crippen LogP contribution >= 0.6 is 12.2 Å². The van der Waals surface area contributed by atoms with Crippen LogP contribution in [0.4, 0.5) is 0 Å². The summed E-state index contributed by atoms with van der Waals surface area (Å²) < 4.78 is 0. The molecule has 0 bridgehead atoms. The van der Waals surface area contributed by atoms with Crippen molar-refractivity contribution in [3.63, 3.8) is 0 Å². The second kappa shape index (κ2) is 5.63. The first-order valence-electron chi connectivity index (χ1n) is 6.92. The number of rotatable bonds is 1. The molecule has 0 radical (unpaired) electrons. The normalized spacial score (nSPS) is 15.3. The van der Waals surface area contributed by atoms with Crippen LogP contribution in [0, 0.1) is 0 Å². The number of carbonyl (C=O) groups excluding carboxylic acids is 1. The van der Waals surface area contributed by atoms with E-state index in [-0.39, 0.29) is 5.91 Å². The summed E-state index contributed by atoms with van der Waals surface area (Å²) in [5.74, 6) is -0.141. The van der Waals surface area contributed by atoms with Crippen LogP contribution in [0.3, 0.4) is 0 Å². The fraction of sp³-hybridized carbons (Fsp3) is 0.333. The number of thiocarbonyl (C=S) groups is 1. The van der Waals surface area contributed by atoms with Crippen molar-refractivity contribution >= 4 is 34.1 Å². The molecule has 1 aliphatic rings. The number of carbonyl (C=O) groups is 1. The Hall–Kier alpha value is -1.88. The molecule has 0 atom stereocenters. The molecule has 1 fully saturated rings. The van der Waals surface area contributed by atoms with Crippen LogP contribution < -0.4 is 5.32 Å². The third kappa shape index (κ3) is 2.54. The quantitative estimate of drug-likeness (QED) is 0.793. The SMILES string of the molecule is O=C(NC(=S)N1CCCCC1)c1c[nH]c2ccccc12. The lowest BCUT2D eigenvalue weighted by Gasteiger charge is -2.28. The summed E-state index contributed by atoms with van der Waals surface area (Å²) in [6, 6.07) is 7.76. The van der Waals surface area contributed by atoms with Crippen LogP contribution in [-0.2, 0) is 0 Å². The average Bonchev–Trinajstić information content (AvgIpc) is 2.92. The van der Waals surface area contributed by atoms with Gasteiger partial charge in [-0.1, -0.05) is 18.2 Å². The zero-order valence-electron chi connectivity index (χ0n) is 11.2. The smallest absolute Gasteiger partial charge is 0.259 e. The molecule has 3 rings (SSSR count). The first-order chi connectivity index (χ1) is 9.75. The number of likely N-dealkylation sites (tertiary alicyclic amines) is 1. The molecule has 1 saturated heterocycles. The van der Waals surface area contributed by atoms with E-state index in [4.69, 9.17) is 12.2 Å². The molecule has 1 aliphatic heterocycles. The van der Waals surface area contributed by atoms with E-state index >= 15 is 0 Å². The van der Waals surface area contributed by atoms with Gasteiger partial charge in [0.05, 0.1) is 5.56 Å². The summed E-state index contributed by atoms with van der Waals surface area (Å²) in [7, 11) is 0. The minimum Gasteiger partial charge on any atom is -0.360 e. The van der Waals surface area contributed by atoms with Crippen LogP contribution in [0.2, 0.25) is 0 Å². The number of hydrogen-bond acceptors (Lipinski definition) is 2. The van der Waals surface area contributed by atoms with Gasteiger partial charge >= 0.3 is 0 Å². The second-order valence-electron chi connectivity index (χ2n) is 5.05. The lowest BCUT2D eigenvalue weighted by Crippen LogP contribution is -2.44. The molecule has 0 saturated carbocycles. The number of benzene rings is 1. The molecule has 104 valence electrons. The summed E-state index contributed by atoms with van der Waals surface area (Å²) >= 11 is 5.33. The van der Waals surface area contributed by atoms with Crippen molar-refractivity contribution in [3.8, 4) is 0 Å². The minimum absolute atomic E-state index is 0.141. The van der Waals surface area contributed by atoms with Gasteiger partial charge in [0.15, 0.2) is 5.11 Å². The van der Waals surface area contributed by atoms with Gasteiger partial charge in [-0.2, -0.15) is 0 Å². The Balaban J connectivity index is 1.74. The number of nitrogens with one attached hydrogen (secondary N) is 2. The van der Waals surface area contributed by atoms with E-state index in [1.54, 1.807) is 6.20 Å². The molecule has 2 aromatic rings. The highest BCUT2D eigenvalue weighted by Crippen LogP contribution is 2.17.